The smallest absolute Gasteiger partial charge is 0.246 e. The Morgan fingerprint density at radius 3 is 2.68 bits per heavy atom. The number of likely N-dealkylation sites (N-methyl/N-ethyl adjacent to an activating group) is 1. The van der Waals surface area contributed by atoms with Crippen LogP contribution in [0.4, 0.5) is 0 Å². The van der Waals surface area contributed by atoms with E-state index < -0.39 is 0 Å². The molecule has 0 aliphatic rings. The number of carbonyl (C=O) groups is 1. The molecule has 0 radical (unpaired) electrons. The summed E-state index contributed by atoms with van der Waals surface area (Å²) >= 11 is 6.18. The standard InChI is InChI=1S/C17H24ClNO3/c1-5-7-10-19(3)16(20)9-8-13-11-14(18)17(21-4)15(12-13)22-6-2/h8-9,11-12H,5-7,10H2,1-4H3. The molecule has 1 amide bonds. The minimum Gasteiger partial charge on any atom is -0.491 e. The van der Waals surface area contributed by atoms with Crippen molar-refractivity contribution in [2.45, 2.75) is 26.7 Å². The van der Waals surface area contributed by atoms with Gasteiger partial charge in [-0.2, -0.15) is 0 Å². The maximum Gasteiger partial charge on any atom is 0.246 e. The molecular weight excluding hydrogens is 302 g/mol. The molecule has 1 rings (SSSR count). The van der Waals surface area contributed by atoms with Gasteiger partial charge in [0.1, 0.15) is 0 Å². The number of halogens is 1. The molecule has 0 atom stereocenters. The maximum absolute atomic E-state index is 12.0. The number of rotatable bonds is 8. The lowest BCUT2D eigenvalue weighted by atomic mass is 10.2. The molecule has 5 heteroatoms. The average molecular weight is 326 g/mol. The van der Waals surface area contributed by atoms with Gasteiger partial charge in [0.15, 0.2) is 11.5 Å². The van der Waals surface area contributed by atoms with Crippen LogP contribution in [0, 0.1) is 0 Å². The highest BCUT2D eigenvalue weighted by Gasteiger charge is 2.11. The van der Waals surface area contributed by atoms with Gasteiger partial charge in [-0.1, -0.05) is 24.9 Å². The summed E-state index contributed by atoms with van der Waals surface area (Å²) in [6.45, 7) is 5.26. The Morgan fingerprint density at radius 2 is 2.09 bits per heavy atom. The van der Waals surface area contributed by atoms with Gasteiger partial charge in [-0.25, -0.2) is 0 Å². The molecule has 22 heavy (non-hydrogen) atoms. The quantitative estimate of drug-likeness (QED) is 0.678. The number of hydrogen-bond donors (Lipinski definition) is 0. The lowest BCUT2D eigenvalue weighted by Gasteiger charge is -2.14. The second-order valence-electron chi connectivity index (χ2n) is 4.91. The third-order valence-corrected chi connectivity index (χ3v) is 3.46. The van der Waals surface area contributed by atoms with Crippen LogP contribution in [-0.2, 0) is 4.79 Å². The van der Waals surface area contributed by atoms with E-state index in [1.807, 2.05) is 13.0 Å². The molecule has 0 bridgehead atoms. The number of amides is 1. The number of hydrogen-bond acceptors (Lipinski definition) is 3. The Kier molecular flexibility index (Phi) is 7.82. The third-order valence-electron chi connectivity index (χ3n) is 3.18. The van der Waals surface area contributed by atoms with E-state index in [1.165, 1.54) is 0 Å². The Balaban J connectivity index is 2.88. The zero-order chi connectivity index (χ0) is 16.5. The Morgan fingerprint density at radius 1 is 1.36 bits per heavy atom. The van der Waals surface area contributed by atoms with Gasteiger partial charge in [0.2, 0.25) is 5.91 Å². The van der Waals surface area contributed by atoms with Crippen LogP contribution in [0.3, 0.4) is 0 Å². The summed E-state index contributed by atoms with van der Waals surface area (Å²) in [5, 5.41) is 0.458. The molecule has 0 spiro atoms. The van der Waals surface area contributed by atoms with E-state index in [9.17, 15) is 4.79 Å². The molecular formula is C17H24ClNO3. The monoisotopic (exact) mass is 325 g/mol. The summed E-state index contributed by atoms with van der Waals surface area (Å²) in [5.41, 5.74) is 0.798. The predicted octanol–water partition coefficient (Wildman–Crippen LogP) is 4.02. The Labute approximate surface area is 137 Å². The van der Waals surface area contributed by atoms with Crippen LogP contribution < -0.4 is 9.47 Å². The summed E-state index contributed by atoms with van der Waals surface area (Å²) in [6.07, 6.45) is 5.34. The number of nitrogens with zero attached hydrogens (tertiary/aromatic N) is 1. The molecule has 0 heterocycles. The van der Waals surface area contributed by atoms with Crippen molar-refractivity contribution in [3.05, 3.63) is 28.8 Å². The molecule has 0 saturated heterocycles. The normalized spacial score (nSPS) is 10.8. The zero-order valence-electron chi connectivity index (χ0n) is 13.7. The molecule has 0 unspecified atom stereocenters. The highest BCUT2D eigenvalue weighted by Crippen LogP contribution is 2.36. The van der Waals surface area contributed by atoms with Crippen LogP contribution in [0.25, 0.3) is 6.08 Å². The fraction of sp³-hybridized carbons (Fsp3) is 0.471. The molecule has 0 saturated carbocycles. The minimum absolute atomic E-state index is 0.0293. The summed E-state index contributed by atoms with van der Waals surface area (Å²) in [5.74, 6) is 1.05. The average Bonchev–Trinajstić information content (AvgIpc) is 2.50. The molecule has 1 aromatic rings. The second-order valence-corrected chi connectivity index (χ2v) is 5.32. The van der Waals surface area contributed by atoms with Gasteiger partial charge in [0.05, 0.1) is 18.7 Å². The van der Waals surface area contributed by atoms with Crippen LogP contribution in [0.15, 0.2) is 18.2 Å². The summed E-state index contributed by atoms with van der Waals surface area (Å²) in [4.78, 5) is 13.7. The van der Waals surface area contributed by atoms with Crippen LogP contribution in [0.5, 0.6) is 11.5 Å². The predicted molar refractivity (Wildman–Crippen MR) is 90.8 cm³/mol. The third kappa shape index (κ3) is 5.26. The zero-order valence-corrected chi connectivity index (χ0v) is 14.4. The molecule has 4 nitrogen and oxygen atoms in total. The lowest BCUT2D eigenvalue weighted by molar-refractivity contribution is -0.124. The fourth-order valence-electron chi connectivity index (χ4n) is 1.95. The van der Waals surface area contributed by atoms with Crippen LogP contribution in [0.2, 0.25) is 5.02 Å². The van der Waals surface area contributed by atoms with Gasteiger partial charge >= 0.3 is 0 Å². The van der Waals surface area contributed by atoms with E-state index in [4.69, 9.17) is 21.1 Å². The largest absolute Gasteiger partial charge is 0.491 e. The van der Waals surface area contributed by atoms with Crippen molar-refractivity contribution in [2.24, 2.45) is 0 Å². The van der Waals surface area contributed by atoms with Gasteiger partial charge in [-0.15, -0.1) is 0 Å². The van der Waals surface area contributed by atoms with E-state index >= 15 is 0 Å². The summed E-state index contributed by atoms with van der Waals surface area (Å²) < 4.78 is 10.8. The highest BCUT2D eigenvalue weighted by atomic mass is 35.5. The topological polar surface area (TPSA) is 38.8 Å². The van der Waals surface area contributed by atoms with Crippen molar-refractivity contribution in [3.8, 4) is 11.5 Å². The highest BCUT2D eigenvalue weighted by molar-refractivity contribution is 6.32. The number of benzene rings is 1. The van der Waals surface area contributed by atoms with Crippen LogP contribution >= 0.6 is 11.6 Å². The van der Waals surface area contributed by atoms with E-state index in [-0.39, 0.29) is 5.91 Å². The first-order valence-electron chi connectivity index (χ1n) is 7.46. The van der Waals surface area contributed by atoms with Gasteiger partial charge in [-0.3, -0.25) is 4.79 Å². The van der Waals surface area contributed by atoms with Gasteiger partial charge in [0.25, 0.3) is 0 Å². The summed E-state index contributed by atoms with van der Waals surface area (Å²) in [7, 11) is 3.35. The van der Waals surface area contributed by atoms with Crippen LogP contribution in [-0.4, -0.2) is 38.1 Å². The van der Waals surface area contributed by atoms with E-state index in [0.717, 1.165) is 24.9 Å². The fourth-order valence-corrected chi connectivity index (χ4v) is 2.24. The first-order valence-corrected chi connectivity index (χ1v) is 7.84. The molecule has 0 fully saturated rings. The Bertz CT molecular complexity index is 529. The molecule has 1 aromatic carbocycles. The van der Waals surface area contributed by atoms with Gasteiger partial charge < -0.3 is 14.4 Å². The number of unbranched alkanes of at least 4 members (excludes halogenated alkanes) is 1. The number of ether oxygens (including phenoxy) is 2. The first-order chi connectivity index (χ1) is 10.5. The minimum atomic E-state index is -0.0293. The van der Waals surface area contributed by atoms with E-state index in [0.29, 0.717) is 23.1 Å². The summed E-state index contributed by atoms with van der Waals surface area (Å²) in [6, 6.07) is 3.56. The van der Waals surface area contributed by atoms with Gasteiger partial charge in [0, 0.05) is 19.7 Å². The molecule has 0 aliphatic heterocycles. The molecule has 0 aliphatic carbocycles. The van der Waals surface area contributed by atoms with Crippen molar-refractivity contribution < 1.29 is 14.3 Å². The molecule has 0 aromatic heterocycles. The number of carbonyl (C=O) groups excluding carboxylic acids is 1. The van der Waals surface area contributed by atoms with Crippen molar-refractivity contribution in [1.82, 2.24) is 4.90 Å². The maximum atomic E-state index is 12.0. The lowest BCUT2D eigenvalue weighted by Crippen LogP contribution is -2.25. The van der Waals surface area contributed by atoms with Crippen molar-refractivity contribution >= 4 is 23.6 Å². The number of methoxy groups -OCH3 is 1. The first kappa shape index (κ1) is 18.4. The van der Waals surface area contributed by atoms with E-state index in [1.54, 1.807) is 37.3 Å². The van der Waals surface area contributed by atoms with E-state index in [2.05, 4.69) is 6.92 Å². The second kappa shape index (κ2) is 9.36. The van der Waals surface area contributed by atoms with Crippen molar-refractivity contribution in [1.29, 1.82) is 0 Å². The van der Waals surface area contributed by atoms with Crippen molar-refractivity contribution in [2.75, 3.05) is 27.3 Å². The van der Waals surface area contributed by atoms with Crippen LogP contribution in [0.1, 0.15) is 32.3 Å². The molecule has 122 valence electrons. The molecule has 0 N–H and O–H groups in total. The van der Waals surface area contributed by atoms with Gasteiger partial charge in [-0.05, 0) is 37.1 Å². The Hall–Kier alpha value is -1.68. The SMILES string of the molecule is CCCCN(C)C(=O)C=Cc1cc(Cl)c(OC)c(OCC)c1. The van der Waals surface area contributed by atoms with Crippen molar-refractivity contribution in [3.63, 3.8) is 0 Å².